The molecule has 10 heteroatoms. The Balaban J connectivity index is 1.50. The lowest BCUT2D eigenvalue weighted by atomic mass is 10.1. The molecule has 10 nitrogen and oxygen atoms in total. The van der Waals surface area contributed by atoms with Crippen LogP contribution in [0.4, 0.5) is 0 Å². The van der Waals surface area contributed by atoms with Crippen LogP contribution in [0.3, 0.4) is 0 Å². The Morgan fingerprint density at radius 2 is 1.96 bits per heavy atom. The highest BCUT2D eigenvalue weighted by molar-refractivity contribution is 5.21. The molecule has 0 saturated carbocycles. The van der Waals surface area contributed by atoms with E-state index in [2.05, 4.69) is 30.5 Å². The molecule has 0 amide bonds. The third-order valence-corrected chi connectivity index (χ3v) is 5.96. The first-order chi connectivity index (χ1) is 13.7. The third kappa shape index (κ3) is 3.95. The summed E-state index contributed by atoms with van der Waals surface area (Å²) in [6.07, 6.45) is 1.84. The molecule has 4 heterocycles. The molecular formula is C18H29N7O3. The second-order valence-corrected chi connectivity index (χ2v) is 7.62. The first-order valence-electron chi connectivity index (χ1n) is 10.0. The summed E-state index contributed by atoms with van der Waals surface area (Å²) in [5.41, 5.74) is 1.98. The van der Waals surface area contributed by atoms with Crippen molar-refractivity contribution in [2.45, 2.75) is 51.9 Å². The second kappa shape index (κ2) is 8.64. The van der Waals surface area contributed by atoms with Gasteiger partial charge in [-0.2, -0.15) is 0 Å². The number of ether oxygens (including phenoxy) is 1. The maximum Gasteiger partial charge on any atom is 0.168 e. The van der Waals surface area contributed by atoms with E-state index in [0.29, 0.717) is 6.54 Å². The van der Waals surface area contributed by atoms with Crippen LogP contribution >= 0.6 is 0 Å². The molecule has 0 bridgehead atoms. The van der Waals surface area contributed by atoms with Gasteiger partial charge in [-0.1, -0.05) is 5.16 Å². The molecule has 2 aliphatic rings. The number of aryl methyl sites for hydroxylation is 2. The topological polar surface area (TPSA) is 106 Å². The van der Waals surface area contributed by atoms with Crippen molar-refractivity contribution in [3.8, 4) is 0 Å². The zero-order valence-corrected chi connectivity index (χ0v) is 16.6. The van der Waals surface area contributed by atoms with Crippen LogP contribution in [0, 0.1) is 13.8 Å². The molecule has 154 valence electrons. The van der Waals surface area contributed by atoms with E-state index in [9.17, 15) is 5.11 Å². The van der Waals surface area contributed by atoms with Crippen LogP contribution in [-0.2, 0) is 17.8 Å². The summed E-state index contributed by atoms with van der Waals surface area (Å²) in [7, 11) is 0. The largest absolute Gasteiger partial charge is 0.395 e. The van der Waals surface area contributed by atoms with E-state index in [4.69, 9.17) is 9.26 Å². The zero-order valence-electron chi connectivity index (χ0n) is 16.6. The minimum absolute atomic E-state index is 0.0746. The molecule has 2 saturated heterocycles. The highest BCUT2D eigenvalue weighted by Gasteiger charge is 2.38. The van der Waals surface area contributed by atoms with Crippen LogP contribution in [0.5, 0.6) is 0 Å². The number of likely N-dealkylation sites (tertiary alicyclic amines) is 1. The number of aromatic nitrogens is 5. The van der Waals surface area contributed by atoms with E-state index < -0.39 is 0 Å². The minimum atomic E-state index is 0.0746. The smallest absolute Gasteiger partial charge is 0.168 e. The van der Waals surface area contributed by atoms with Crippen LogP contribution in [-0.4, -0.2) is 85.8 Å². The molecule has 4 rings (SSSR count). The maximum atomic E-state index is 9.90. The molecule has 0 aromatic carbocycles. The lowest BCUT2D eigenvalue weighted by Crippen LogP contribution is -2.39. The Labute approximate surface area is 164 Å². The van der Waals surface area contributed by atoms with Gasteiger partial charge >= 0.3 is 0 Å². The van der Waals surface area contributed by atoms with E-state index in [1.807, 2.05) is 18.5 Å². The van der Waals surface area contributed by atoms with Gasteiger partial charge in [-0.3, -0.25) is 9.80 Å². The van der Waals surface area contributed by atoms with Crippen molar-refractivity contribution in [1.82, 2.24) is 35.2 Å². The number of aliphatic hydroxyl groups excluding tert-OH is 1. The number of rotatable bonds is 7. The summed E-state index contributed by atoms with van der Waals surface area (Å²) < 4.78 is 12.7. The van der Waals surface area contributed by atoms with Gasteiger partial charge in [0.1, 0.15) is 5.76 Å². The second-order valence-electron chi connectivity index (χ2n) is 7.62. The summed E-state index contributed by atoms with van der Waals surface area (Å²) in [5.74, 6) is 1.70. The summed E-state index contributed by atoms with van der Waals surface area (Å²) >= 11 is 0. The van der Waals surface area contributed by atoms with Crippen molar-refractivity contribution in [3.05, 3.63) is 22.8 Å². The predicted octanol–water partition coefficient (Wildman–Crippen LogP) is 0.308. The molecule has 2 aromatic rings. The fourth-order valence-corrected chi connectivity index (χ4v) is 4.23. The van der Waals surface area contributed by atoms with Gasteiger partial charge < -0.3 is 14.4 Å². The third-order valence-electron chi connectivity index (χ3n) is 5.96. The highest BCUT2D eigenvalue weighted by atomic mass is 16.5. The van der Waals surface area contributed by atoms with Crippen molar-refractivity contribution in [3.63, 3.8) is 0 Å². The lowest BCUT2D eigenvalue weighted by Gasteiger charge is -2.29. The molecule has 0 radical (unpaired) electrons. The molecule has 2 aliphatic heterocycles. The Bertz CT molecular complexity index is 752. The number of nitrogens with zero attached hydrogens (tertiary/aromatic N) is 7. The summed E-state index contributed by atoms with van der Waals surface area (Å²) in [6.45, 7) is 9.81. The summed E-state index contributed by atoms with van der Waals surface area (Å²) in [5, 5.41) is 26.5. The lowest BCUT2D eigenvalue weighted by molar-refractivity contribution is 0.0355. The van der Waals surface area contributed by atoms with Crippen LogP contribution in [0.1, 0.15) is 41.7 Å². The fraction of sp³-hybridized carbons (Fsp3) is 0.778. The van der Waals surface area contributed by atoms with E-state index in [-0.39, 0.29) is 18.7 Å². The van der Waals surface area contributed by atoms with Gasteiger partial charge in [-0.25, -0.2) is 4.68 Å². The molecule has 0 unspecified atom stereocenters. The molecule has 2 fully saturated rings. The quantitative estimate of drug-likeness (QED) is 0.713. The van der Waals surface area contributed by atoms with Crippen molar-refractivity contribution in [1.29, 1.82) is 0 Å². The Morgan fingerprint density at radius 1 is 1.14 bits per heavy atom. The van der Waals surface area contributed by atoms with Gasteiger partial charge in [0, 0.05) is 37.8 Å². The van der Waals surface area contributed by atoms with Crippen molar-refractivity contribution in [2.75, 3.05) is 39.5 Å². The zero-order chi connectivity index (χ0) is 19.5. The number of tetrazole rings is 1. The van der Waals surface area contributed by atoms with Gasteiger partial charge in [0.05, 0.1) is 38.1 Å². The highest BCUT2D eigenvalue weighted by Crippen LogP contribution is 2.36. The summed E-state index contributed by atoms with van der Waals surface area (Å²) in [4.78, 5) is 4.67. The molecule has 2 aromatic heterocycles. The van der Waals surface area contributed by atoms with Gasteiger partial charge in [0.15, 0.2) is 5.82 Å². The average Bonchev–Trinajstić information content (AvgIpc) is 3.42. The Hall–Kier alpha value is -1.88. The molecule has 2 atom stereocenters. The number of morpholine rings is 1. The minimum Gasteiger partial charge on any atom is -0.395 e. The van der Waals surface area contributed by atoms with Crippen LogP contribution in [0.25, 0.3) is 0 Å². The standard InChI is InChI=1S/C18H29N7O3/c1-13-16(14(2)28-20-13)11-24-15(12-26)3-4-17(24)18-19-21-22-25(18)6-5-23-7-9-27-10-8-23/h15,17,26H,3-12H2,1-2H3/t15-,17+/m0/s1. The van der Waals surface area contributed by atoms with Crippen LogP contribution in [0.2, 0.25) is 0 Å². The molecule has 0 spiro atoms. The number of hydrogen-bond acceptors (Lipinski definition) is 9. The van der Waals surface area contributed by atoms with E-state index in [0.717, 1.165) is 75.1 Å². The molecule has 0 aliphatic carbocycles. The van der Waals surface area contributed by atoms with Crippen LogP contribution in [0.15, 0.2) is 4.52 Å². The van der Waals surface area contributed by atoms with Crippen molar-refractivity contribution >= 4 is 0 Å². The summed E-state index contributed by atoms with van der Waals surface area (Å²) in [6, 6.07) is 0.161. The van der Waals surface area contributed by atoms with Gasteiger partial charge in [-0.15, -0.1) is 5.10 Å². The fourth-order valence-electron chi connectivity index (χ4n) is 4.23. The maximum absolute atomic E-state index is 9.90. The van der Waals surface area contributed by atoms with E-state index in [1.54, 1.807) is 0 Å². The van der Waals surface area contributed by atoms with Gasteiger partial charge in [-0.05, 0) is 37.1 Å². The van der Waals surface area contributed by atoms with Crippen LogP contribution < -0.4 is 0 Å². The predicted molar refractivity (Wildman–Crippen MR) is 99.4 cm³/mol. The van der Waals surface area contributed by atoms with Crippen molar-refractivity contribution in [2.24, 2.45) is 0 Å². The van der Waals surface area contributed by atoms with E-state index >= 15 is 0 Å². The van der Waals surface area contributed by atoms with Crippen molar-refractivity contribution < 1.29 is 14.4 Å². The normalized spacial score (nSPS) is 24.2. The molecule has 28 heavy (non-hydrogen) atoms. The number of hydrogen-bond donors (Lipinski definition) is 1. The first kappa shape index (κ1) is 19.4. The Morgan fingerprint density at radius 3 is 2.68 bits per heavy atom. The SMILES string of the molecule is Cc1noc(C)c1CN1[C@H](CO)CC[C@@H]1c1nnnn1CCN1CCOCC1. The first-order valence-corrected chi connectivity index (χ1v) is 10.0. The van der Waals surface area contributed by atoms with Gasteiger partial charge in [0.2, 0.25) is 0 Å². The Kier molecular flexibility index (Phi) is 6.00. The number of aliphatic hydroxyl groups is 1. The van der Waals surface area contributed by atoms with Gasteiger partial charge in [0.25, 0.3) is 0 Å². The van der Waals surface area contributed by atoms with E-state index in [1.165, 1.54) is 0 Å². The average molecular weight is 391 g/mol. The molecule has 1 N–H and O–H groups in total. The monoisotopic (exact) mass is 391 g/mol. The molecular weight excluding hydrogens is 362 g/mol.